The highest BCUT2D eigenvalue weighted by atomic mass is 16.3. The van der Waals surface area contributed by atoms with Crippen molar-refractivity contribution in [3.63, 3.8) is 0 Å². The summed E-state index contributed by atoms with van der Waals surface area (Å²) in [5.74, 6) is 0.518. The van der Waals surface area contributed by atoms with Crippen LogP contribution in [-0.4, -0.2) is 59.6 Å². The molecule has 0 spiro atoms. The summed E-state index contributed by atoms with van der Waals surface area (Å²) in [5.41, 5.74) is 2.98. The minimum absolute atomic E-state index is 0.108. The molecular weight excluding hydrogens is 300 g/mol. The number of rotatable bonds is 3. The van der Waals surface area contributed by atoms with E-state index in [1.165, 1.54) is 5.56 Å². The van der Waals surface area contributed by atoms with Crippen LogP contribution in [0.25, 0.3) is 0 Å². The van der Waals surface area contributed by atoms with Crippen LogP contribution in [0.4, 0.5) is 0 Å². The van der Waals surface area contributed by atoms with E-state index in [1.807, 2.05) is 30.0 Å². The number of carbonyl (C=O) groups is 1. The largest absolute Gasteiger partial charge is 0.396 e. The van der Waals surface area contributed by atoms with Crippen LogP contribution in [0, 0.1) is 25.2 Å². The van der Waals surface area contributed by atoms with Crippen LogP contribution < -0.4 is 0 Å². The highest BCUT2D eigenvalue weighted by Gasteiger charge is 2.50. The van der Waals surface area contributed by atoms with Crippen molar-refractivity contribution in [3.8, 4) is 0 Å². The summed E-state index contributed by atoms with van der Waals surface area (Å²) in [6.07, 6.45) is 1.06. The number of aliphatic hydroxyl groups is 1. The van der Waals surface area contributed by atoms with E-state index in [4.69, 9.17) is 0 Å². The molecule has 2 aliphatic rings. The van der Waals surface area contributed by atoms with Gasteiger partial charge in [0.15, 0.2) is 0 Å². The summed E-state index contributed by atoms with van der Waals surface area (Å²) < 4.78 is 0. The second-order valence-corrected chi connectivity index (χ2v) is 8.06. The van der Waals surface area contributed by atoms with E-state index in [0.717, 1.165) is 37.2 Å². The van der Waals surface area contributed by atoms with Crippen molar-refractivity contribution in [2.45, 2.75) is 40.2 Å². The Bertz CT molecular complexity index is 628. The third-order valence-corrected chi connectivity index (χ3v) is 6.18. The first-order chi connectivity index (χ1) is 11.4. The zero-order valence-electron chi connectivity index (χ0n) is 15.4. The summed E-state index contributed by atoms with van der Waals surface area (Å²) in [6.45, 7) is 12.1. The molecule has 2 aliphatic heterocycles. The quantitative estimate of drug-likeness (QED) is 0.926. The molecule has 3 rings (SSSR count). The van der Waals surface area contributed by atoms with Gasteiger partial charge in [0.2, 0.25) is 0 Å². The van der Waals surface area contributed by atoms with Gasteiger partial charge in [-0.25, -0.2) is 0 Å². The van der Waals surface area contributed by atoms with Crippen LogP contribution in [0.5, 0.6) is 0 Å². The van der Waals surface area contributed by atoms with Gasteiger partial charge in [0.25, 0.3) is 5.91 Å². The number of aliphatic hydroxyl groups excluding tert-OH is 1. The maximum Gasteiger partial charge on any atom is 0.253 e. The first-order valence-corrected chi connectivity index (χ1v) is 9.08. The van der Waals surface area contributed by atoms with Crippen LogP contribution in [-0.2, 0) is 0 Å². The molecule has 4 heteroatoms. The number of likely N-dealkylation sites (tertiary alicyclic amines) is 2. The van der Waals surface area contributed by atoms with Gasteiger partial charge >= 0.3 is 0 Å². The Morgan fingerprint density at radius 1 is 1.29 bits per heavy atom. The fraction of sp³-hybridized carbons (Fsp3) is 0.650. The fourth-order valence-electron chi connectivity index (χ4n) is 4.30. The molecule has 0 unspecified atom stereocenters. The molecule has 132 valence electrons. The highest BCUT2D eigenvalue weighted by molar-refractivity contribution is 5.94. The number of fused-ring (bicyclic) bond motifs is 1. The van der Waals surface area contributed by atoms with E-state index in [-0.39, 0.29) is 17.9 Å². The predicted octanol–water partition coefficient (Wildman–Crippen LogP) is 2.47. The number of hydrogen-bond donors (Lipinski definition) is 1. The number of piperidine rings is 1. The van der Waals surface area contributed by atoms with E-state index in [9.17, 15) is 9.90 Å². The van der Waals surface area contributed by atoms with Crippen LogP contribution in [0.15, 0.2) is 18.2 Å². The van der Waals surface area contributed by atoms with Gasteiger partial charge in [0, 0.05) is 36.7 Å². The molecule has 24 heavy (non-hydrogen) atoms. The topological polar surface area (TPSA) is 43.8 Å². The van der Waals surface area contributed by atoms with Crippen molar-refractivity contribution in [1.29, 1.82) is 0 Å². The standard InChI is InChI=1S/C20H30N2O2/c1-14(2)21-8-7-18-10-22(12-20(18,11-21)13-23)19(24)17-6-5-15(3)16(4)9-17/h5-6,9,14,18,23H,7-8,10-13H2,1-4H3/t18-,20+/m0/s1. The second-order valence-electron chi connectivity index (χ2n) is 8.06. The maximum absolute atomic E-state index is 13.0. The summed E-state index contributed by atoms with van der Waals surface area (Å²) >= 11 is 0. The lowest BCUT2D eigenvalue weighted by molar-refractivity contribution is -0.00103. The summed E-state index contributed by atoms with van der Waals surface area (Å²) in [5, 5.41) is 10.1. The summed E-state index contributed by atoms with van der Waals surface area (Å²) in [7, 11) is 0. The van der Waals surface area contributed by atoms with Gasteiger partial charge < -0.3 is 14.9 Å². The fourth-order valence-corrected chi connectivity index (χ4v) is 4.30. The van der Waals surface area contributed by atoms with E-state index in [1.54, 1.807) is 0 Å². The van der Waals surface area contributed by atoms with Crippen molar-refractivity contribution in [2.75, 3.05) is 32.8 Å². The van der Waals surface area contributed by atoms with E-state index < -0.39 is 0 Å². The lowest BCUT2D eigenvalue weighted by atomic mass is 9.73. The first-order valence-electron chi connectivity index (χ1n) is 9.08. The number of aryl methyl sites for hydroxylation is 2. The minimum atomic E-state index is -0.155. The Hall–Kier alpha value is -1.39. The second kappa shape index (κ2) is 6.49. The summed E-state index contributed by atoms with van der Waals surface area (Å²) in [4.78, 5) is 17.4. The van der Waals surface area contributed by atoms with E-state index >= 15 is 0 Å². The van der Waals surface area contributed by atoms with E-state index in [2.05, 4.69) is 25.7 Å². The van der Waals surface area contributed by atoms with Gasteiger partial charge in [-0.15, -0.1) is 0 Å². The lowest BCUT2D eigenvalue weighted by Gasteiger charge is -2.44. The number of carbonyl (C=O) groups excluding carboxylic acids is 1. The number of nitrogens with zero attached hydrogens (tertiary/aromatic N) is 2. The van der Waals surface area contributed by atoms with Gasteiger partial charge in [-0.1, -0.05) is 6.07 Å². The van der Waals surface area contributed by atoms with Crippen molar-refractivity contribution < 1.29 is 9.90 Å². The van der Waals surface area contributed by atoms with Crippen LogP contribution in [0.2, 0.25) is 0 Å². The van der Waals surface area contributed by atoms with Crippen LogP contribution in [0.1, 0.15) is 41.8 Å². The van der Waals surface area contributed by atoms with Crippen LogP contribution >= 0.6 is 0 Å². The van der Waals surface area contributed by atoms with Gasteiger partial charge in [-0.05, 0) is 69.8 Å². The monoisotopic (exact) mass is 330 g/mol. The molecule has 1 amide bonds. The third kappa shape index (κ3) is 2.98. The molecule has 2 atom stereocenters. The Morgan fingerprint density at radius 3 is 2.67 bits per heavy atom. The first kappa shape index (κ1) is 17.4. The Balaban J connectivity index is 1.80. The van der Waals surface area contributed by atoms with Crippen molar-refractivity contribution in [2.24, 2.45) is 11.3 Å². The Morgan fingerprint density at radius 2 is 2.04 bits per heavy atom. The summed E-state index contributed by atoms with van der Waals surface area (Å²) in [6, 6.07) is 6.43. The van der Waals surface area contributed by atoms with Crippen molar-refractivity contribution in [1.82, 2.24) is 9.80 Å². The molecule has 1 N–H and O–H groups in total. The van der Waals surface area contributed by atoms with Crippen molar-refractivity contribution >= 4 is 5.91 Å². The molecule has 0 saturated carbocycles. The molecular formula is C20H30N2O2. The van der Waals surface area contributed by atoms with Crippen molar-refractivity contribution in [3.05, 3.63) is 34.9 Å². The van der Waals surface area contributed by atoms with Gasteiger partial charge in [-0.2, -0.15) is 0 Å². The Labute approximate surface area is 145 Å². The molecule has 2 fully saturated rings. The molecule has 2 heterocycles. The normalized spacial score (nSPS) is 27.6. The number of benzene rings is 1. The smallest absolute Gasteiger partial charge is 0.253 e. The zero-order chi connectivity index (χ0) is 17.5. The molecule has 0 radical (unpaired) electrons. The molecule has 4 nitrogen and oxygen atoms in total. The number of hydrogen-bond acceptors (Lipinski definition) is 3. The third-order valence-electron chi connectivity index (χ3n) is 6.18. The molecule has 1 aromatic rings. The van der Waals surface area contributed by atoms with Gasteiger partial charge in [0.1, 0.15) is 0 Å². The molecule has 0 bridgehead atoms. The van der Waals surface area contributed by atoms with E-state index in [0.29, 0.717) is 18.5 Å². The average Bonchev–Trinajstić information content (AvgIpc) is 2.95. The molecule has 0 aliphatic carbocycles. The molecule has 1 aromatic carbocycles. The predicted molar refractivity (Wildman–Crippen MR) is 96.2 cm³/mol. The maximum atomic E-state index is 13.0. The SMILES string of the molecule is Cc1ccc(C(=O)N2C[C@@H]3CCN(C(C)C)C[C@]3(CO)C2)cc1C. The lowest BCUT2D eigenvalue weighted by Crippen LogP contribution is -2.52. The minimum Gasteiger partial charge on any atom is -0.396 e. The zero-order valence-corrected chi connectivity index (χ0v) is 15.4. The molecule has 0 aromatic heterocycles. The Kier molecular flexibility index (Phi) is 4.71. The average molecular weight is 330 g/mol. The van der Waals surface area contributed by atoms with Gasteiger partial charge in [-0.3, -0.25) is 4.79 Å². The van der Waals surface area contributed by atoms with Gasteiger partial charge in [0.05, 0.1) is 6.61 Å². The molecule has 2 saturated heterocycles. The van der Waals surface area contributed by atoms with Crippen LogP contribution in [0.3, 0.4) is 0 Å². The highest BCUT2D eigenvalue weighted by Crippen LogP contribution is 2.42. The number of amides is 1.